The van der Waals surface area contributed by atoms with E-state index in [9.17, 15) is 14.7 Å². The van der Waals surface area contributed by atoms with Crippen molar-refractivity contribution in [1.29, 1.82) is 0 Å². The zero-order valence-electron chi connectivity index (χ0n) is 13.3. The lowest BCUT2D eigenvalue weighted by atomic mass is 9.91. The van der Waals surface area contributed by atoms with Gasteiger partial charge < -0.3 is 24.8 Å². The molecule has 2 aliphatic heterocycles. The van der Waals surface area contributed by atoms with Crippen LogP contribution in [0.3, 0.4) is 0 Å². The molecule has 7 nitrogen and oxygen atoms in total. The Morgan fingerprint density at radius 1 is 1.45 bits per heavy atom. The van der Waals surface area contributed by atoms with Crippen molar-refractivity contribution in [3.63, 3.8) is 0 Å². The van der Waals surface area contributed by atoms with Gasteiger partial charge in [-0.05, 0) is 25.2 Å². The number of likely N-dealkylation sites (tertiary alicyclic amines) is 1. The Morgan fingerprint density at radius 3 is 2.82 bits per heavy atom. The van der Waals surface area contributed by atoms with Gasteiger partial charge in [0.25, 0.3) is 0 Å². The molecule has 7 heteroatoms. The largest absolute Gasteiger partial charge is 0.481 e. The molecule has 0 bridgehead atoms. The number of urea groups is 1. The normalized spacial score (nSPS) is 30.1. The molecule has 0 aliphatic carbocycles. The van der Waals surface area contributed by atoms with Gasteiger partial charge in [-0.3, -0.25) is 4.79 Å². The van der Waals surface area contributed by atoms with Gasteiger partial charge in [-0.15, -0.1) is 0 Å². The SMILES string of the molecule is COCC(NC(=O)N1CC(C)CC(C(=O)O)C1)C1CCCO1. The van der Waals surface area contributed by atoms with Gasteiger partial charge >= 0.3 is 12.0 Å². The molecule has 2 heterocycles. The molecule has 2 fully saturated rings. The molecule has 0 aromatic rings. The first kappa shape index (κ1) is 17.0. The zero-order valence-corrected chi connectivity index (χ0v) is 13.3. The number of aliphatic carboxylic acids is 1. The maximum Gasteiger partial charge on any atom is 0.317 e. The van der Waals surface area contributed by atoms with E-state index in [0.29, 0.717) is 26.2 Å². The molecular formula is C15H26N2O5. The molecule has 0 spiro atoms. The summed E-state index contributed by atoms with van der Waals surface area (Å²) in [5.74, 6) is -1.14. The Kier molecular flexibility index (Phi) is 6.02. The van der Waals surface area contributed by atoms with E-state index in [1.165, 1.54) is 0 Å². The summed E-state index contributed by atoms with van der Waals surface area (Å²) >= 11 is 0. The van der Waals surface area contributed by atoms with E-state index in [-0.39, 0.29) is 30.6 Å². The predicted octanol–water partition coefficient (Wildman–Crippen LogP) is 0.933. The highest BCUT2D eigenvalue weighted by Crippen LogP contribution is 2.22. The molecule has 0 saturated carbocycles. The monoisotopic (exact) mass is 314 g/mol. The van der Waals surface area contributed by atoms with Crippen LogP contribution < -0.4 is 5.32 Å². The van der Waals surface area contributed by atoms with Crippen LogP contribution in [0.5, 0.6) is 0 Å². The number of carboxylic acid groups (broad SMARTS) is 1. The quantitative estimate of drug-likeness (QED) is 0.788. The van der Waals surface area contributed by atoms with Crippen molar-refractivity contribution in [3.05, 3.63) is 0 Å². The number of hydrogen-bond donors (Lipinski definition) is 2. The average Bonchev–Trinajstić information content (AvgIpc) is 3.00. The molecule has 2 rings (SSSR count). The fraction of sp³-hybridized carbons (Fsp3) is 0.867. The van der Waals surface area contributed by atoms with Crippen molar-refractivity contribution >= 4 is 12.0 Å². The van der Waals surface area contributed by atoms with Gasteiger partial charge in [0.1, 0.15) is 0 Å². The third kappa shape index (κ3) is 4.33. The molecule has 2 amide bonds. The Bertz CT molecular complexity index is 397. The van der Waals surface area contributed by atoms with Crippen LogP contribution in [0, 0.1) is 11.8 Å². The summed E-state index contributed by atoms with van der Waals surface area (Å²) in [6.07, 6.45) is 2.48. The van der Waals surface area contributed by atoms with E-state index in [4.69, 9.17) is 9.47 Å². The summed E-state index contributed by atoms with van der Waals surface area (Å²) < 4.78 is 10.8. The molecule has 2 saturated heterocycles. The molecule has 0 aromatic heterocycles. The minimum Gasteiger partial charge on any atom is -0.481 e. The summed E-state index contributed by atoms with van der Waals surface area (Å²) in [6, 6.07) is -0.420. The second-order valence-corrected chi connectivity index (χ2v) is 6.34. The van der Waals surface area contributed by atoms with E-state index in [1.807, 2.05) is 6.92 Å². The number of rotatable bonds is 5. The summed E-state index contributed by atoms with van der Waals surface area (Å²) in [7, 11) is 1.59. The Balaban J connectivity index is 1.94. The van der Waals surface area contributed by atoms with Crippen LogP contribution >= 0.6 is 0 Å². The molecule has 22 heavy (non-hydrogen) atoms. The predicted molar refractivity (Wildman–Crippen MR) is 79.6 cm³/mol. The first-order chi connectivity index (χ1) is 10.5. The summed E-state index contributed by atoms with van der Waals surface area (Å²) in [6.45, 7) is 3.92. The van der Waals surface area contributed by atoms with E-state index in [0.717, 1.165) is 12.8 Å². The third-order valence-corrected chi connectivity index (χ3v) is 4.36. The van der Waals surface area contributed by atoms with Crippen LogP contribution in [-0.2, 0) is 14.3 Å². The van der Waals surface area contributed by atoms with Gasteiger partial charge in [0.15, 0.2) is 0 Å². The molecule has 126 valence electrons. The average molecular weight is 314 g/mol. The fourth-order valence-electron chi connectivity index (χ4n) is 3.29. The van der Waals surface area contributed by atoms with E-state index in [1.54, 1.807) is 12.0 Å². The molecular weight excluding hydrogens is 288 g/mol. The maximum absolute atomic E-state index is 12.5. The van der Waals surface area contributed by atoms with Gasteiger partial charge in [0.2, 0.25) is 0 Å². The van der Waals surface area contributed by atoms with Crippen LogP contribution in [-0.4, -0.2) is 67.6 Å². The highest BCUT2D eigenvalue weighted by Gasteiger charge is 2.34. The lowest BCUT2D eigenvalue weighted by molar-refractivity contribution is -0.143. The van der Waals surface area contributed by atoms with E-state index < -0.39 is 11.9 Å². The number of hydrogen-bond acceptors (Lipinski definition) is 4. The summed E-state index contributed by atoms with van der Waals surface area (Å²) in [5, 5.41) is 12.1. The smallest absolute Gasteiger partial charge is 0.317 e. The number of carbonyl (C=O) groups excluding carboxylic acids is 1. The first-order valence-electron chi connectivity index (χ1n) is 7.90. The molecule has 4 atom stereocenters. The van der Waals surface area contributed by atoms with Crippen LogP contribution in [0.25, 0.3) is 0 Å². The van der Waals surface area contributed by atoms with Crippen molar-refractivity contribution in [3.8, 4) is 0 Å². The number of methoxy groups -OCH3 is 1. The van der Waals surface area contributed by atoms with Crippen molar-refractivity contribution < 1.29 is 24.2 Å². The third-order valence-electron chi connectivity index (χ3n) is 4.36. The molecule has 2 aliphatic rings. The topological polar surface area (TPSA) is 88.1 Å². The van der Waals surface area contributed by atoms with Gasteiger partial charge in [0, 0.05) is 26.8 Å². The van der Waals surface area contributed by atoms with E-state index in [2.05, 4.69) is 5.32 Å². The van der Waals surface area contributed by atoms with Crippen molar-refractivity contribution in [1.82, 2.24) is 10.2 Å². The highest BCUT2D eigenvalue weighted by molar-refractivity contribution is 5.77. The van der Waals surface area contributed by atoms with Gasteiger partial charge in [-0.25, -0.2) is 4.79 Å². The second-order valence-electron chi connectivity index (χ2n) is 6.34. The number of amides is 2. The first-order valence-corrected chi connectivity index (χ1v) is 7.90. The van der Waals surface area contributed by atoms with Crippen LogP contribution in [0.2, 0.25) is 0 Å². The Morgan fingerprint density at radius 2 is 2.23 bits per heavy atom. The second kappa shape index (κ2) is 7.78. The minimum absolute atomic E-state index is 0.0265. The van der Waals surface area contributed by atoms with Crippen molar-refractivity contribution in [2.24, 2.45) is 11.8 Å². The van der Waals surface area contributed by atoms with Gasteiger partial charge in [-0.1, -0.05) is 6.92 Å². The summed E-state index contributed by atoms with van der Waals surface area (Å²) in [5.41, 5.74) is 0. The highest BCUT2D eigenvalue weighted by atomic mass is 16.5. The molecule has 2 N–H and O–H groups in total. The lowest BCUT2D eigenvalue weighted by Crippen LogP contribution is -2.55. The molecule has 4 unspecified atom stereocenters. The number of carboxylic acids is 1. The number of nitrogens with zero attached hydrogens (tertiary/aromatic N) is 1. The van der Waals surface area contributed by atoms with Crippen molar-refractivity contribution in [2.75, 3.05) is 33.4 Å². The Labute approximate surface area is 130 Å². The minimum atomic E-state index is -0.836. The fourth-order valence-corrected chi connectivity index (χ4v) is 3.29. The van der Waals surface area contributed by atoms with Crippen molar-refractivity contribution in [2.45, 2.75) is 38.3 Å². The van der Waals surface area contributed by atoms with Crippen LogP contribution in [0.4, 0.5) is 4.79 Å². The number of nitrogens with one attached hydrogen (secondary N) is 1. The number of carbonyl (C=O) groups is 2. The number of ether oxygens (including phenoxy) is 2. The van der Waals surface area contributed by atoms with Gasteiger partial charge in [0.05, 0.1) is 24.7 Å². The summed E-state index contributed by atoms with van der Waals surface area (Å²) in [4.78, 5) is 25.3. The van der Waals surface area contributed by atoms with E-state index >= 15 is 0 Å². The molecule has 0 radical (unpaired) electrons. The zero-order chi connectivity index (χ0) is 16.1. The maximum atomic E-state index is 12.5. The molecule has 0 aromatic carbocycles. The van der Waals surface area contributed by atoms with Crippen LogP contribution in [0.1, 0.15) is 26.2 Å². The Hall–Kier alpha value is -1.34. The van der Waals surface area contributed by atoms with Crippen LogP contribution in [0.15, 0.2) is 0 Å². The van der Waals surface area contributed by atoms with Gasteiger partial charge in [-0.2, -0.15) is 0 Å². The standard InChI is InChI=1S/C15H26N2O5/c1-10-6-11(14(18)19)8-17(7-10)15(20)16-12(9-21-2)13-4-3-5-22-13/h10-13H,3-9H2,1-2H3,(H,16,20)(H,18,19). The lowest BCUT2D eigenvalue weighted by Gasteiger charge is -2.36. The number of piperidine rings is 1.